The molecule has 0 aromatic heterocycles. The number of halogens is 2. The Hall–Kier alpha value is -0.660. The fourth-order valence-electron chi connectivity index (χ4n) is 0.984. The summed E-state index contributed by atoms with van der Waals surface area (Å²) in [6.45, 7) is 3.41. The van der Waals surface area contributed by atoms with E-state index in [0.29, 0.717) is 16.5 Å². The van der Waals surface area contributed by atoms with E-state index >= 15 is 0 Å². The van der Waals surface area contributed by atoms with Gasteiger partial charge in [-0.15, -0.1) is 0 Å². The van der Waals surface area contributed by atoms with E-state index in [1.165, 1.54) is 0 Å². The van der Waals surface area contributed by atoms with Crippen LogP contribution in [0.1, 0.15) is 12.0 Å². The molecule has 0 radical (unpaired) electrons. The van der Waals surface area contributed by atoms with E-state index in [-0.39, 0.29) is 5.76 Å². The molecule has 0 fully saturated rings. The highest BCUT2D eigenvalue weighted by Crippen LogP contribution is 2.23. The van der Waals surface area contributed by atoms with Crippen LogP contribution < -0.4 is 0 Å². The Balaban J connectivity index is 2.68. The third-order valence-electron chi connectivity index (χ3n) is 1.69. The van der Waals surface area contributed by atoms with Crippen molar-refractivity contribution < 1.29 is 5.11 Å². The maximum absolute atomic E-state index is 8.88. The fraction of sp³-hybridized carbons (Fsp3) is 0.200. The molecule has 0 aliphatic carbocycles. The van der Waals surface area contributed by atoms with Crippen molar-refractivity contribution in [1.82, 2.24) is 0 Å². The standard InChI is InChI=1S/C10H10Cl2O/c1-7(13)2-3-8-4-5-9(11)10(12)6-8/h4-6,13H,1-3H2. The van der Waals surface area contributed by atoms with Crippen molar-refractivity contribution in [2.45, 2.75) is 12.8 Å². The van der Waals surface area contributed by atoms with E-state index < -0.39 is 0 Å². The average molecular weight is 217 g/mol. The molecule has 1 N–H and O–H groups in total. The zero-order chi connectivity index (χ0) is 9.84. The maximum Gasteiger partial charge on any atom is 0.0854 e. The molecular weight excluding hydrogens is 207 g/mol. The summed E-state index contributed by atoms with van der Waals surface area (Å²) in [6, 6.07) is 5.43. The molecule has 0 amide bonds. The Morgan fingerprint density at radius 2 is 2.00 bits per heavy atom. The largest absolute Gasteiger partial charge is 0.513 e. The molecule has 0 spiro atoms. The van der Waals surface area contributed by atoms with Crippen molar-refractivity contribution in [1.29, 1.82) is 0 Å². The van der Waals surface area contributed by atoms with Gasteiger partial charge in [0.1, 0.15) is 0 Å². The van der Waals surface area contributed by atoms with Gasteiger partial charge in [-0.2, -0.15) is 0 Å². The Morgan fingerprint density at radius 3 is 2.54 bits per heavy atom. The molecule has 0 aliphatic rings. The van der Waals surface area contributed by atoms with E-state index in [2.05, 4.69) is 6.58 Å². The van der Waals surface area contributed by atoms with Gasteiger partial charge in [0.05, 0.1) is 15.8 Å². The summed E-state index contributed by atoms with van der Waals surface area (Å²) in [5.41, 5.74) is 1.05. The average Bonchev–Trinajstić information content (AvgIpc) is 2.07. The Labute approximate surface area is 87.6 Å². The molecular formula is C10H10Cl2O. The Kier molecular flexibility index (Phi) is 3.64. The van der Waals surface area contributed by atoms with Gasteiger partial charge in [0.2, 0.25) is 0 Å². The van der Waals surface area contributed by atoms with Crippen LogP contribution in [-0.2, 0) is 6.42 Å². The number of benzene rings is 1. The molecule has 3 heteroatoms. The van der Waals surface area contributed by atoms with Gasteiger partial charge in [0.25, 0.3) is 0 Å². The Bertz CT molecular complexity index is 321. The lowest BCUT2D eigenvalue weighted by Crippen LogP contribution is -1.87. The van der Waals surface area contributed by atoms with Crippen LogP contribution in [0.25, 0.3) is 0 Å². The van der Waals surface area contributed by atoms with Gasteiger partial charge < -0.3 is 5.11 Å². The highest BCUT2D eigenvalue weighted by molar-refractivity contribution is 6.42. The molecule has 0 saturated carbocycles. The van der Waals surface area contributed by atoms with Crippen molar-refractivity contribution in [3.8, 4) is 0 Å². The predicted octanol–water partition coefficient (Wildman–Crippen LogP) is 4.00. The number of aryl methyl sites for hydroxylation is 1. The molecule has 70 valence electrons. The molecule has 13 heavy (non-hydrogen) atoms. The summed E-state index contributed by atoms with van der Waals surface area (Å²) < 4.78 is 0. The van der Waals surface area contributed by atoms with Crippen LogP contribution in [0.15, 0.2) is 30.5 Å². The molecule has 0 aliphatic heterocycles. The van der Waals surface area contributed by atoms with Crippen LogP contribution in [0.5, 0.6) is 0 Å². The lowest BCUT2D eigenvalue weighted by Gasteiger charge is -2.02. The van der Waals surface area contributed by atoms with Gasteiger partial charge in [-0.05, 0) is 24.1 Å². The van der Waals surface area contributed by atoms with Gasteiger partial charge in [0.15, 0.2) is 0 Å². The zero-order valence-electron chi connectivity index (χ0n) is 7.06. The van der Waals surface area contributed by atoms with E-state index in [9.17, 15) is 0 Å². The van der Waals surface area contributed by atoms with Crippen molar-refractivity contribution in [3.63, 3.8) is 0 Å². The third kappa shape index (κ3) is 3.29. The van der Waals surface area contributed by atoms with Crippen molar-refractivity contribution in [3.05, 3.63) is 46.1 Å². The number of hydrogen-bond donors (Lipinski definition) is 1. The molecule has 0 bridgehead atoms. The van der Waals surface area contributed by atoms with E-state index in [1.807, 2.05) is 6.07 Å². The third-order valence-corrected chi connectivity index (χ3v) is 2.43. The minimum absolute atomic E-state index is 0.186. The Morgan fingerprint density at radius 1 is 1.31 bits per heavy atom. The topological polar surface area (TPSA) is 20.2 Å². The zero-order valence-corrected chi connectivity index (χ0v) is 8.57. The van der Waals surface area contributed by atoms with Gasteiger partial charge >= 0.3 is 0 Å². The van der Waals surface area contributed by atoms with E-state index in [4.69, 9.17) is 28.3 Å². The number of hydrogen-bond acceptors (Lipinski definition) is 1. The van der Waals surface area contributed by atoms with Crippen molar-refractivity contribution >= 4 is 23.2 Å². The van der Waals surface area contributed by atoms with Crippen LogP contribution in [0.3, 0.4) is 0 Å². The second-order valence-electron chi connectivity index (χ2n) is 2.81. The highest BCUT2D eigenvalue weighted by atomic mass is 35.5. The quantitative estimate of drug-likeness (QED) is 0.758. The first-order valence-corrected chi connectivity index (χ1v) is 4.66. The first-order valence-electron chi connectivity index (χ1n) is 3.90. The van der Waals surface area contributed by atoms with Crippen LogP contribution in [0.4, 0.5) is 0 Å². The van der Waals surface area contributed by atoms with Gasteiger partial charge in [0, 0.05) is 6.42 Å². The molecule has 0 unspecified atom stereocenters. The summed E-state index contributed by atoms with van der Waals surface area (Å²) in [7, 11) is 0. The first-order chi connectivity index (χ1) is 6.09. The lowest BCUT2D eigenvalue weighted by atomic mass is 10.1. The fourth-order valence-corrected chi connectivity index (χ4v) is 1.30. The monoisotopic (exact) mass is 216 g/mol. The minimum Gasteiger partial charge on any atom is -0.513 e. The molecule has 1 aromatic rings. The predicted molar refractivity (Wildman–Crippen MR) is 56.6 cm³/mol. The normalized spacial score (nSPS) is 10.0. The number of rotatable bonds is 3. The van der Waals surface area contributed by atoms with Crippen LogP contribution in [-0.4, -0.2) is 5.11 Å². The number of aliphatic hydroxyl groups is 1. The van der Waals surface area contributed by atoms with Crippen LogP contribution in [0.2, 0.25) is 10.0 Å². The van der Waals surface area contributed by atoms with E-state index in [1.54, 1.807) is 12.1 Å². The molecule has 1 rings (SSSR count). The highest BCUT2D eigenvalue weighted by Gasteiger charge is 1.99. The summed E-state index contributed by atoms with van der Waals surface area (Å²) in [5.74, 6) is 0.186. The van der Waals surface area contributed by atoms with Crippen molar-refractivity contribution in [2.75, 3.05) is 0 Å². The molecule has 0 atom stereocenters. The van der Waals surface area contributed by atoms with Crippen molar-refractivity contribution in [2.24, 2.45) is 0 Å². The smallest absolute Gasteiger partial charge is 0.0854 e. The molecule has 0 heterocycles. The first kappa shape index (κ1) is 10.4. The summed E-state index contributed by atoms with van der Waals surface area (Å²) >= 11 is 11.6. The SMILES string of the molecule is C=C(O)CCc1ccc(Cl)c(Cl)c1. The van der Waals surface area contributed by atoms with Gasteiger partial charge in [-0.1, -0.05) is 35.8 Å². The van der Waals surface area contributed by atoms with Gasteiger partial charge in [-0.25, -0.2) is 0 Å². The minimum atomic E-state index is 0.186. The molecule has 0 saturated heterocycles. The maximum atomic E-state index is 8.88. The lowest BCUT2D eigenvalue weighted by molar-refractivity contribution is 0.391. The summed E-state index contributed by atoms with van der Waals surface area (Å²) in [6.07, 6.45) is 1.28. The molecule has 1 aromatic carbocycles. The second kappa shape index (κ2) is 4.54. The summed E-state index contributed by atoms with van der Waals surface area (Å²) in [4.78, 5) is 0. The van der Waals surface area contributed by atoms with Crippen LogP contribution >= 0.6 is 23.2 Å². The van der Waals surface area contributed by atoms with E-state index in [0.717, 1.165) is 12.0 Å². The second-order valence-corrected chi connectivity index (χ2v) is 3.63. The number of allylic oxidation sites excluding steroid dienone is 1. The van der Waals surface area contributed by atoms with Crippen LogP contribution in [0, 0.1) is 0 Å². The summed E-state index contributed by atoms with van der Waals surface area (Å²) in [5, 5.41) is 9.98. The number of aliphatic hydroxyl groups excluding tert-OH is 1. The van der Waals surface area contributed by atoms with Gasteiger partial charge in [-0.3, -0.25) is 0 Å². The molecule has 1 nitrogen and oxygen atoms in total.